The number of aromatic nitrogens is 2. The molecule has 0 radical (unpaired) electrons. The first-order valence-electron chi connectivity index (χ1n) is 6.32. The zero-order valence-corrected chi connectivity index (χ0v) is 11.7. The van der Waals surface area contributed by atoms with Crippen LogP contribution in [-0.4, -0.2) is 28.0 Å². The Kier molecular flexibility index (Phi) is 4.71. The third kappa shape index (κ3) is 3.54. The van der Waals surface area contributed by atoms with Gasteiger partial charge in [0, 0.05) is 31.8 Å². The minimum Gasteiger partial charge on any atom is -0.374 e. The van der Waals surface area contributed by atoms with Gasteiger partial charge < -0.3 is 10.5 Å². The molecule has 1 unspecified atom stereocenters. The van der Waals surface area contributed by atoms with Crippen molar-refractivity contribution in [3.05, 3.63) is 17.5 Å². The molecular formula is C13H25N3O. The fraction of sp³-hybridized carbons (Fsp3) is 0.769. The molecule has 0 aromatic carbocycles. The molecule has 0 aliphatic carbocycles. The number of ether oxygens (including phenoxy) is 1. The molecule has 17 heavy (non-hydrogen) atoms. The fourth-order valence-electron chi connectivity index (χ4n) is 1.89. The van der Waals surface area contributed by atoms with E-state index in [-0.39, 0.29) is 11.6 Å². The molecule has 0 aliphatic heterocycles. The van der Waals surface area contributed by atoms with Gasteiger partial charge in [0.25, 0.3) is 0 Å². The molecule has 1 heterocycles. The quantitative estimate of drug-likeness (QED) is 0.821. The third-order valence-corrected chi connectivity index (χ3v) is 3.23. The molecule has 1 aromatic rings. The van der Waals surface area contributed by atoms with Crippen LogP contribution >= 0.6 is 0 Å². The molecule has 0 spiro atoms. The van der Waals surface area contributed by atoms with Crippen LogP contribution in [-0.2, 0) is 24.6 Å². The maximum atomic E-state index is 6.22. The second-order valence-corrected chi connectivity index (χ2v) is 4.95. The van der Waals surface area contributed by atoms with Crippen LogP contribution in [0.25, 0.3) is 0 Å². The highest BCUT2D eigenvalue weighted by atomic mass is 16.5. The molecule has 4 heteroatoms. The van der Waals surface area contributed by atoms with Gasteiger partial charge in [0.15, 0.2) is 0 Å². The van der Waals surface area contributed by atoms with Gasteiger partial charge in [-0.1, -0.05) is 6.92 Å². The minimum atomic E-state index is -0.300. The number of nitrogens with zero attached hydrogens (tertiary/aromatic N) is 2. The van der Waals surface area contributed by atoms with Crippen LogP contribution in [0.3, 0.4) is 0 Å². The fourth-order valence-corrected chi connectivity index (χ4v) is 1.89. The predicted octanol–water partition coefficient (Wildman–Crippen LogP) is 1.67. The van der Waals surface area contributed by atoms with Crippen LogP contribution in [0, 0.1) is 0 Å². The van der Waals surface area contributed by atoms with Crippen LogP contribution < -0.4 is 5.73 Å². The van der Waals surface area contributed by atoms with Crippen LogP contribution in [0.15, 0.2) is 6.07 Å². The van der Waals surface area contributed by atoms with E-state index in [0.717, 1.165) is 18.5 Å². The van der Waals surface area contributed by atoms with Crippen LogP contribution in [0.4, 0.5) is 0 Å². The van der Waals surface area contributed by atoms with E-state index in [2.05, 4.69) is 18.1 Å². The van der Waals surface area contributed by atoms with E-state index in [4.69, 9.17) is 10.5 Å². The lowest BCUT2D eigenvalue weighted by atomic mass is 9.95. The normalized spacial score (nSPS) is 14.0. The van der Waals surface area contributed by atoms with Gasteiger partial charge in [-0.25, -0.2) is 0 Å². The summed E-state index contributed by atoms with van der Waals surface area (Å²) >= 11 is 0. The average Bonchev–Trinajstić information content (AvgIpc) is 2.59. The largest absolute Gasteiger partial charge is 0.374 e. The molecular weight excluding hydrogens is 214 g/mol. The maximum Gasteiger partial charge on any atom is 0.0780 e. The average molecular weight is 239 g/mol. The number of nitrogens with two attached hydrogens (primary N) is 1. The summed E-state index contributed by atoms with van der Waals surface area (Å²) in [6.07, 6.45) is 1.74. The van der Waals surface area contributed by atoms with Crippen LogP contribution in [0.2, 0.25) is 0 Å². The number of aryl methyl sites for hydroxylation is 2. The van der Waals surface area contributed by atoms with Gasteiger partial charge in [-0.15, -0.1) is 0 Å². The third-order valence-electron chi connectivity index (χ3n) is 3.23. The summed E-state index contributed by atoms with van der Waals surface area (Å²) in [5, 5.41) is 4.43. The SMILES string of the molecule is CCOC(C)(C)C(N)Cc1cc(CC)nn1C. The summed E-state index contributed by atoms with van der Waals surface area (Å²) in [6.45, 7) is 8.87. The van der Waals surface area contributed by atoms with E-state index in [1.807, 2.05) is 32.5 Å². The van der Waals surface area contributed by atoms with Gasteiger partial charge in [0.2, 0.25) is 0 Å². The molecule has 98 valence electrons. The van der Waals surface area contributed by atoms with E-state index in [1.54, 1.807) is 0 Å². The second-order valence-electron chi connectivity index (χ2n) is 4.95. The van der Waals surface area contributed by atoms with Crippen molar-refractivity contribution in [1.82, 2.24) is 9.78 Å². The van der Waals surface area contributed by atoms with Crippen molar-refractivity contribution >= 4 is 0 Å². The lowest BCUT2D eigenvalue weighted by molar-refractivity contribution is -0.0291. The first-order chi connectivity index (χ1) is 7.90. The predicted molar refractivity (Wildman–Crippen MR) is 70.0 cm³/mol. The molecule has 1 rings (SSSR count). The molecule has 1 aromatic heterocycles. The monoisotopic (exact) mass is 239 g/mol. The van der Waals surface area contributed by atoms with Crippen molar-refractivity contribution in [2.45, 2.75) is 52.2 Å². The summed E-state index contributed by atoms with van der Waals surface area (Å²) in [5.74, 6) is 0. The Morgan fingerprint density at radius 1 is 1.47 bits per heavy atom. The Hall–Kier alpha value is -0.870. The van der Waals surface area contributed by atoms with Crippen LogP contribution in [0.1, 0.15) is 39.1 Å². The van der Waals surface area contributed by atoms with Crippen molar-refractivity contribution in [2.24, 2.45) is 12.8 Å². The Bertz CT molecular complexity index is 358. The van der Waals surface area contributed by atoms with Gasteiger partial charge in [-0.05, 0) is 33.3 Å². The zero-order chi connectivity index (χ0) is 13.1. The molecule has 2 N–H and O–H groups in total. The molecule has 0 fully saturated rings. The molecule has 0 saturated heterocycles. The van der Waals surface area contributed by atoms with E-state index >= 15 is 0 Å². The first kappa shape index (κ1) is 14.2. The van der Waals surface area contributed by atoms with Crippen molar-refractivity contribution in [3.8, 4) is 0 Å². The number of hydrogen-bond acceptors (Lipinski definition) is 3. The Morgan fingerprint density at radius 2 is 2.12 bits per heavy atom. The van der Waals surface area contributed by atoms with Gasteiger partial charge in [0.05, 0.1) is 11.3 Å². The highest BCUT2D eigenvalue weighted by Crippen LogP contribution is 2.17. The van der Waals surface area contributed by atoms with E-state index in [0.29, 0.717) is 6.61 Å². The van der Waals surface area contributed by atoms with E-state index in [9.17, 15) is 0 Å². The summed E-state index contributed by atoms with van der Waals surface area (Å²) in [4.78, 5) is 0. The topological polar surface area (TPSA) is 53.1 Å². The summed E-state index contributed by atoms with van der Waals surface area (Å²) in [6, 6.07) is 2.10. The van der Waals surface area contributed by atoms with Gasteiger partial charge >= 0.3 is 0 Å². The summed E-state index contributed by atoms with van der Waals surface area (Å²) in [5.41, 5.74) is 8.21. The van der Waals surface area contributed by atoms with E-state index in [1.165, 1.54) is 5.69 Å². The zero-order valence-electron chi connectivity index (χ0n) is 11.7. The highest BCUT2D eigenvalue weighted by molar-refractivity contribution is 5.12. The smallest absolute Gasteiger partial charge is 0.0780 e. The number of rotatable bonds is 6. The van der Waals surface area contributed by atoms with Crippen molar-refractivity contribution in [1.29, 1.82) is 0 Å². The van der Waals surface area contributed by atoms with Crippen molar-refractivity contribution in [2.75, 3.05) is 6.61 Å². The van der Waals surface area contributed by atoms with E-state index < -0.39 is 0 Å². The molecule has 0 amide bonds. The Balaban J connectivity index is 2.73. The first-order valence-corrected chi connectivity index (χ1v) is 6.32. The lowest BCUT2D eigenvalue weighted by Gasteiger charge is -2.31. The van der Waals surface area contributed by atoms with Crippen molar-refractivity contribution in [3.63, 3.8) is 0 Å². The Morgan fingerprint density at radius 3 is 2.59 bits per heavy atom. The molecule has 0 bridgehead atoms. The second kappa shape index (κ2) is 5.65. The molecule has 0 aliphatic rings. The molecule has 4 nitrogen and oxygen atoms in total. The van der Waals surface area contributed by atoms with Gasteiger partial charge in [-0.3, -0.25) is 4.68 Å². The van der Waals surface area contributed by atoms with Crippen molar-refractivity contribution < 1.29 is 4.74 Å². The summed E-state index contributed by atoms with van der Waals surface area (Å²) < 4.78 is 7.60. The standard InChI is InChI=1S/C13H25N3O/c1-6-10-8-11(16(5)15-10)9-12(14)13(3,4)17-7-2/h8,12H,6-7,9,14H2,1-5H3. The lowest BCUT2D eigenvalue weighted by Crippen LogP contribution is -2.47. The summed E-state index contributed by atoms with van der Waals surface area (Å²) in [7, 11) is 1.97. The van der Waals surface area contributed by atoms with Gasteiger partial charge in [-0.2, -0.15) is 5.10 Å². The highest BCUT2D eigenvalue weighted by Gasteiger charge is 2.27. The minimum absolute atomic E-state index is 0.0254. The molecule has 0 saturated carbocycles. The maximum absolute atomic E-state index is 6.22. The van der Waals surface area contributed by atoms with Crippen LogP contribution in [0.5, 0.6) is 0 Å². The number of hydrogen-bond donors (Lipinski definition) is 1. The van der Waals surface area contributed by atoms with Gasteiger partial charge in [0.1, 0.15) is 0 Å². The molecule has 1 atom stereocenters. The Labute approximate surface area is 104 Å².